The molecule has 3 heterocycles. The van der Waals surface area contributed by atoms with Crippen LogP contribution in [-0.4, -0.2) is 67.2 Å². The lowest BCUT2D eigenvalue weighted by Gasteiger charge is -2.11. The first-order chi connectivity index (χ1) is 20.3. The van der Waals surface area contributed by atoms with Crippen LogP contribution in [0.25, 0.3) is 0 Å². The lowest BCUT2D eigenvalue weighted by Crippen LogP contribution is -2.30. The molecule has 4 N–H and O–H groups in total. The number of carbonyl (C=O) groups is 2. The van der Waals surface area contributed by atoms with Gasteiger partial charge >= 0.3 is 0 Å². The van der Waals surface area contributed by atoms with E-state index < -0.39 is 0 Å². The standard InChI is InChI=1S/C28H39N7O6S/c1-18-23(16-40-24-8-6-21(27(34-24)38-4)14-29-10-12-31-19(2)36)42-26(33-18)17-41-25-9-7-22(28(35-25)39-5)15-30-11-13-32-20(3)37/h6-9,29-30H,10-17H2,1-5H3,(H,31,36)(H,32,37). The Morgan fingerprint density at radius 3 is 1.71 bits per heavy atom. The number of aryl methyl sites for hydroxylation is 1. The van der Waals surface area contributed by atoms with E-state index >= 15 is 0 Å². The first kappa shape index (κ1) is 32.5. The van der Waals surface area contributed by atoms with Crippen molar-refractivity contribution in [3.8, 4) is 23.5 Å². The van der Waals surface area contributed by atoms with Crippen LogP contribution in [-0.2, 0) is 35.9 Å². The highest BCUT2D eigenvalue weighted by atomic mass is 32.1. The third-order valence-corrected chi connectivity index (χ3v) is 6.93. The summed E-state index contributed by atoms with van der Waals surface area (Å²) >= 11 is 1.50. The summed E-state index contributed by atoms with van der Waals surface area (Å²) in [4.78, 5) is 36.4. The fourth-order valence-corrected chi connectivity index (χ4v) is 4.64. The van der Waals surface area contributed by atoms with E-state index in [-0.39, 0.29) is 18.4 Å². The molecule has 3 aromatic heterocycles. The number of methoxy groups -OCH3 is 2. The molecule has 0 radical (unpaired) electrons. The number of rotatable bonds is 18. The van der Waals surface area contributed by atoms with Crippen LogP contribution in [0.2, 0.25) is 0 Å². The summed E-state index contributed by atoms with van der Waals surface area (Å²) in [5.41, 5.74) is 2.63. The predicted octanol–water partition coefficient (Wildman–Crippen LogP) is 1.87. The van der Waals surface area contributed by atoms with E-state index in [4.69, 9.17) is 18.9 Å². The van der Waals surface area contributed by atoms with Crippen molar-refractivity contribution in [1.82, 2.24) is 36.2 Å². The van der Waals surface area contributed by atoms with Crippen LogP contribution < -0.4 is 40.2 Å². The molecule has 0 saturated carbocycles. The van der Waals surface area contributed by atoms with Crippen LogP contribution >= 0.6 is 11.3 Å². The molecule has 3 aromatic rings. The molecule has 14 heteroatoms. The summed E-state index contributed by atoms with van der Waals surface area (Å²) in [7, 11) is 3.13. The van der Waals surface area contributed by atoms with Gasteiger partial charge in [0.25, 0.3) is 0 Å². The minimum absolute atomic E-state index is 0.0572. The van der Waals surface area contributed by atoms with Crippen LogP contribution in [0.1, 0.15) is 40.6 Å². The first-order valence-electron chi connectivity index (χ1n) is 13.5. The normalized spacial score (nSPS) is 10.7. The molecule has 0 atom stereocenters. The molecule has 0 saturated heterocycles. The number of amides is 2. The fourth-order valence-electron chi connectivity index (χ4n) is 3.75. The van der Waals surface area contributed by atoms with Gasteiger partial charge in [-0.1, -0.05) is 0 Å². The van der Waals surface area contributed by atoms with Crippen molar-refractivity contribution in [2.24, 2.45) is 0 Å². The van der Waals surface area contributed by atoms with Gasteiger partial charge in [-0.2, -0.15) is 9.97 Å². The Balaban J connectivity index is 1.49. The van der Waals surface area contributed by atoms with Crippen LogP contribution in [0.15, 0.2) is 24.3 Å². The molecule has 0 unspecified atom stereocenters. The van der Waals surface area contributed by atoms with Crippen LogP contribution in [0.5, 0.6) is 23.5 Å². The smallest absolute Gasteiger partial charge is 0.220 e. The Bertz CT molecular complexity index is 1320. The minimum atomic E-state index is -0.0579. The SMILES string of the molecule is COc1nc(OCc2nc(C)c(COc3ccc(CNCCNC(C)=O)c(OC)n3)s2)ccc1CNCCNC(C)=O. The van der Waals surface area contributed by atoms with E-state index in [1.54, 1.807) is 26.4 Å². The molecule has 0 bridgehead atoms. The van der Waals surface area contributed by atoms with Crippen molar-refractivity contribution in [1.29, 1.82) is 0 Å². The molecule has 42 heavy (non-hydrogen) atoms. The van der Waals surface area contributed by atoms with Gasteiger partial charge in [0, 0.05) is 76.4 Å². The van der Waals surface area contributed by atoms with Crippen molar-refractivity contribution in [3.05, 3.63) is 51.0 Å². The summed E-state index contributed by atoms with van der Waals surface area (Å²) < 4.78 is 22.7. The zero-order chi connectivity index (χ0) is 30.3. The third-order valence-electron chi connectivity index (χ3n) is 5.83. The van der Waals surface area contributed by atoms with E-state index in [1.165, 1.54) is 25.2 Å². The van der Waals surface area contributed by atoms with E-state index in [1.807, 2.05) is 19.1 Å². The molecule has 0 spiro atoms. The molecule has 0 aliphatic heterocycles. The van der Waals surface area contributed by atoms with Gasteiger partial charge < -0.3 is 40.2 Å². The molecule has 13 nitrogen and oxygen atoms in total. The molecular weight excluding hydrogens is 562 g/mol. The lowest BCUT2D eigenvalue weighted by molar-refractivity contribution is -0.119. The quantitative estimate of drug-likeness (QED) is 0.158. The second-order valence-corrected chi connectivity index (χ2v) is 10.3. The topological polar surface area (TPSA) is 158 Å². The largest absolute Gasteiger partial charge is 0.481 e. The van der Waals surface area contributed by atoms with Gasteiger partial charge in [0.05, 0.1) is 24.8 Å². The number of hydrogen-bond donors (Lipinski definition) is 4. The van der Waals surface area contributed by atoms with Crippen molar-refractivity contribution < 1.29 is 28.5 Å². The van der Waals surface area contributed by atoms with Crippen molar-refractivity contribution in [2.75, 3.05) is 40.4 Å². The van der Waals surface area contributed by atoms with E-state index in [0.29, 0.717) is 69.4 Å². The van der Waals surface area contributed by atoms with Crippen LogP contribution in [0.3, 0.4) is 0 Å². The Morgan fingerprint density at radius 2 is 1.24 bits per heavy atom. The number of nitrogens with zero attached hydrogens (tertiary/aromatic N) is 3. The molecule has 0 aliphatic rings. The second-order valence-electron chi connectivity index (χ2n) is 9.15. The van der Waals surface area contributed by atoms with Gasteiger partial charge in [-0.25, -0.2) is 4.98 Å². The van der Waals surface area contributed by atoms with Gasteiger partial charge in [0.1, 0.15) is 18.2 Å². The van der Waals surface area contributed by atoms with Crippen molar-refractivity contribution >= 4 is 23.2 Å². The van der Waals surface area contributed by atoms with Crippen LogP contribution in [0, 0.1) is 6.92 Å². The van der Waals surface area contributed by atoms with E-state index in [9.17, 15) is 9.59 Å². The average molecular weight is 602 g/mol. The number of carbonyl (C=O) groups excluding carboxylic acids is 2. The molecule has 0 aromatic carbocycles. The molecule has 0 aliphatic carbocycles. The highest BCUT2D eigenvalue weighted by molar-refractivity contribution is 7.11. The predicted molar refractivity (Wildman–Crippen MR) is 158 cm³/mol. The van der Waals surface area contributed by atoms with Crippen LogP contribution in [0.4, 0.5) is 0 Å². The molecule has 2 amide bonds. The molecule has 0 fully saturated rings. The molecular formula is C28H39N7O6S. The number of ether oxygens (including phenoxy) is 4. The number of thiazole rings is 1. The summed E-state index contributed by atoms with van der Waals surface area (Å²) in [6.45, 7) is 8.92. The highest BCUT2D eigenvalue weighted by Gasteiger charge is 2.13. The third kappa shape index (κ3) is 10.8. The molecule has 3 rings (SSSR count). The fraction of sp³-hybridized carbons (Fsp3) is 0.464. The monoisotopic (exact) mass is 601 g/mol. The van der Waals surface area contributed by atoms with E-state index in [2.05, 4.69) is 36.2 Å². The second kappa shape index (κ2) is 17.1. The summed E-state index contributed by atoms with van der Waals surface area (Å²) in [5.74, 6) is 1.71. The Morgan fingerprint density at radius 1 is 0.738 bits per heavy atom. The number of nitrogens with one attached hydrogen (secondary N) is 4. The molecule has 228 valence electrons. The zero-order valence-electron chi connectivity index (χ0n) is 24.7. The zero-order valence-corrected chi connectivity index (χ0v) is 25.5. The average Bonchev–Trinajstić information content (AvgIpc) is 3.33. The minimum Gasteiger partial charge on any atom is -0.481 e. The maximum Gasteiger partial charge on any atom is 0.220 e. The Kier molecular flexibility index (Phi) is 13.2. The maximum absolute atomic E-state index is 11.0. The number of aromatic nitrogens is 3. The van der Waals surface area contributed by atoms with Gasteiger partial charge in [-0.15, -0.1) is 11.3 Å². The van der Waals surface area contributed by atoms with Gasteiger partial charge in [0.2, 0.25) is 35.3 Å². The van der Waals surface area contributed by atoms with E-state index in [0.717, 1.165) is 26.7 Å². The summed E-state index contributed by atoms with van der Waals surface area (Å²) in [6.07, 6.45) is 0. The maximum atomic E-state index is 11.0. The number of pyridine rings is 2. The van der Waals surface area contributed by atoms with Gasteiger partial charge in [0.15, 0.2) is 0 Å². The summed E-state index contributed by atoms with van der Waals surface area (Å²) in [6, 6.07) is 7.39. The van der Waals surface area contributed by atoms with Crippen molar-refractivity contribution in [2.45, 2.75) is 47.1 Å². The lowest BCUT2D eigenvalue weighted by atomic mass is 10.2. The highest BCUT2D eigenvalue weighted by Crippen LogP contribution is 2.25. The summed E-state index contributed by atoms with van der Waals surface area (Å²) in [5, 5.41) is 12.8. The van der Waals surface area contributed by atoms with Crippen molar-refractivity contribution in [3.63, 3.8) is 0 Å². The number of hydrogen-bond acceptors (Lipinski definition) is 12. The van der Waals surface area contributed by atoms with Gasteiger partial charge in [-0.3, -0.25) is 9.59 Å². The first-order valence-corrected chi connectivity index (χ1v) is 14.3. The Labute approximate surface area is 249 Å². The Hall–Kier alpha value is -4.01. The van der Waals surface area contributed by atoms with Gasteiger partial charge in [-0.05, 0) is 19.1 Å².